The number of aryl methyl sites for hydroxylation is 1. The molecule has 3 amide bonds. The number of phenolic OH excluding ortho intramolecular Hbond substituents is 1. The van der Waals surface area contributed by atoms with Gasteiger partial charge in [0.2, 0.25) is 0 Å². The molecule has 0 saturated heterocycles. The molecule has 1 aliphatic heterocycles. The van der Waals surface area contributed by atoms with Crippen molar-refractivity contribution in [2.75, 3.05) is 5.32 Å². The van der Waals surface area contributed by atoms with E-state index in [1.165, 1.54) is 29.2 Å². The van der Waals surface area contributed by atoms with E-state index in [1.807, 2.05) is 30.3 Å². The summed E-state index contributed by atoms with van der Waals surface area (Å²) in [5, 5.41) is 12.3. The molecule has 144 valence electrons. The predicted molar refractivity (Wildman–Crippen MR) is 108 cm³/mol. The molecule has 6 nitrogen and oxygen atoms in total. The van der Waals surface area contributed by atoms with E-state index in [9.17, 15) is 19.5 Å². The molecule has 29 heavy (non-hydrogen) atoms. The van der Waals surface area contributed by atoms with Crippen LogP contribution in [0.2, 0.25) is 0 Å². The van der Waals surface area contributed by atoms with Crippen LogP contribution in [-0.2, 0) is 6.54 Å². The first-order valence-corrected chi connectivity index (χ1v) is 9.09. The fourth-order valence-corrected chi connectivity index (χ4v) is 3.32. The molecule has 0 atom stereocenters. The van der Waals surface area contributed by atoms with Gasteiger partial charge in [0.15, 0.2) is 0 Å². The fraction of sp³-hybridized carbons (Fsp3) is 0.0870. The number of hydrogen-bond acceptors (Lipinski definition) is 4. The van der Waals surface area contributed by atoms with Gasteiger partial charge in [-0.1, -0.05) is 30.3 Å². The number of nitrogens with zero attached hydrogens (tertiary/aromatic N) is 1. The SMILES string of the molecule is Cc1cc(O)ccc1NC(=O)c1ccc2c(c1)C(=O)N(Cc1ccccc1)C2=O. The Labute approximate surface area is 167 Å². The van der Waals surface area contributed by atoms with E-state index in [0.717, 1.165) is 5.56 Å². The largest absolute Gasteiger partial charge is 0.508 e. The summed E-state index contributed by atoms with van der Waals surface area (Å²) < 4.78 is 0. The van der Waals surface area contributed by atoms with Crippen molar-refractivity contribution in [3.05, 3.63) is 94.5 Å². The zero-order chi connectivity index (χ0) is 20.5. The number of anilines is 1. The second-order valence-corrected chi connectivity index (χ2v) is 6.90. The number of benzene rings is 3. The highest BCUT2D eigenvalue weighted by Gasteiger charge is 2.36. The molecule has 3 aromatic rings. The van der Waals surface area contributed by atoms with E-state index in [2.05, 4.69) is 5.32 Å². The third-order valence-electron chi connectivity index (χ3n) is 4.87. The van der Waals surface area contributed by atoms with Crippen LogP contribution < -0.4 is 5.32 Å². The van der Waals surface area contributed by atoms with Crippen molar-refractivity contribution in [3.8, 4) is 5.75 Å². The van der Waals surface area contributed by atoms with Crippen LogP contribution in [0.15, 0.2) is 66.7 Å². The van der Waals surface area contributed by atoms with Gasteiger partial charge in [0.25, 0.3) is 17.7 Å². The molecule has 0 fully saturated rings. The van der Waals surface area contributed by atoms with Crippen LogP contribution in [0.4, 0.5) is 5.69 Å². The molecule has 1 heterocycles. The quantitative estimate of drug-likeness (QED) is 0.528. The van der Waals surface area contributed by atoms with Crippen LogP contribution >= 0.6 is 0 Å². The van der Waals surface area contributed by atoms with Crippen LogP contribution in [0.3, 0.4) is 0 Å². The molecule has 4 rings (SSSR count). The number of fused-ring (bicyclic) bond motifs is 1. The predicted octanol–water partition coefficient (Wildman–Crippen LogP) is 3.75. The second-order valence-electron chi connectivity index (χ2n) is 6.90. The molecule has 0 aliphatic carbocycles. The number of aromatic hydroxyl groups is 1. The van der Waals surface area contributed by atoms with E-state index in [-0.39, 0.29) is 29.3 Å². The highest BCUT2D eigenvalue weighted by Crippen LogP contribution is 2.26. The van der Waals surface area contributed by atoms with Crippen molar-refractivity contribution in [1.82, 2.24) is 4.90 Å². The Bertz CT molecular complexity index is 1140. The summed E-state index contributed by atoms with van der Waals surface area (Å²) >= 11 is 0. The van der Waals surface area contributed by atoms with Crippen LogP contribution in [0.25, 0.3) is 0 Å². The van der Waals surface area contributed by atoms with Crippen molar-refractivity contribution in [2.24, 2.45) is 0 Å². The number of rotatable bonds is 4. The van der Waals surface area contributed by atoms with Gasteiger partial charge in [0, 0.05) is 11.3 Å². The molecular formula is C23H18N2O4. The third kappa shape index (κ3) is 3.48. The molecule has 0 radical (unpaired) electrons. The summed E-state index contributed by atoms with van der Waals surface area (Å²) in [4.78, 5) is 39.2. The van der Waals surface area contributed by atoms with Crippen LogP contribution in [0.1, 0.15) is 42.2 Å². The van der Waals surface area contributed by atoms with Crippen molar-refractivity contribution >= 4 is 23.4 Å². The number of hydrogen-bond donors (Lipinski definition) is 2. The maximum atomic E-state index is 12.8. The van der Waals surface area contributed by atoms with E-state index in [4.69, 9.17) is 0 Å². The highest BCUT2D eigenvalue weighted by molar-refractivity contribution is 6.22. The van der Waals surface area contributed by atoms with Gasteiger partial charge in [-0.3, -0.25) is 19.3 Å². The third-order valence-corrected chi connectivity index (χ3v) is 4.87. The summed E-state index contributed by atoms with van der Waals surface area (Å²) in [6, 6.07) is 18.4. The molecule has 0 bridgehead atoms. The van der Waals surface area contributed by atoms with E-state index in [1.54, 1.807) is 19.1 Å². The minimum absolute atomic E-state index is 0.112. The smallest absolute Gasteiger partial charge is 0.261 e. The Morgan fingerprint density at radius 1 is 0.931 bits per heavy atom. The van der Waals surface area contributed by atoms with Crippen molar-refractivity contribution in [1.29, 1.82) is 0 Å². The Morgan fingerprint density at radius 3 is 2.38 bits per heavy atom. The molecule has 1 aliphatic rings. The minimum Gasteiger partial charge on any atom is -0.508 e. The Kier molecular flexibility index (Phi) is 4.60. The number of imide groups is 1. The van der Waals surface area contributed by atoms with Gasteiger partial charge in [-0.05, 0) is 54.4 Å². The highest BCUT2D eigenvalue weighted by atomic mass is 16.3. The number of phenols is 1. The summed E-state index contributed by atoms with van der Waals surface area (Å²) in [5.41, 5.74) is 2.91. The molecule has 0 unspecified atom stereocenters. The van der Waals surface area contributed by atoms with Gasteiger partial charge in [0.05, 0.1) is 17.7 Å². The first kappa shape index (κ1) is 18.4. The number of carbonyl (C=O) groups is 3. The van der Waals surface area contributed by atoms with Gasteiger partial charge in [-0.15, -0.1) is 0 Å². The van der Waals surface area contributed by atoms with Crippen LogP contribution in [0, 0.1) is 6.92 Å². The fourth-order valence-electron chi connectivity index (χ4n) is 3.32. The zero-order valence-corrected chi connectivity index (χ0v) is 15.7. The Morgan fingerprint density at radius 2 is 1.66 bits per heavy atom. The van der Waals surface area contributed by atoms with E-state index < -0.39 is 11.8 Å². The number of nitrogens with one attached hydrogen (secondary N) is 1. The van der Waals surface area contributed by atoms with Gasteiger partial charge in [-0.25, -0.2) is 0 Å². The molecule has 0 saturated carbocycles. The molecule has 0 aromatic heterocycles. The average Bonchev–Trinajstić information content (AvgIpc) is 2.95. The molecule has 3 aromatic carbocycles. The zero-order valence-electron chi connectivity index (χ0n) is 15.7. The van der Waals surface area contributed by atoms with Gasteiger partial charge in [0.1, 0.15) is 5.75 Å². The maximum absolute atomic E-state index is 12.8. The molecule has 6 heteroatoms. The second kappa shape index (κ2) is 7.24. The van der Waals surface area contributed by atoms with Gasteiger partial charge >= 0.3 is 0 Å². The van der Waals surface area contributed by atoms with Crippen LogP contribution in [0.5, 0.6) is 5.75 Å². The molecule has 0 spiro atoms. The lowest BCUT2D eigenvalue weighted by Crippen LogP contribution is -2.29. The van der Waals surface area contributed by atoms with Crippen molar-refractivity contribution < 1.29 is 19.5 Å². The van der Waals surface area contributed by atoms with Gasteiger partial charge < -0.3 is 10.4 Å². The number of amides is 3. The minimum atomic E-state index is -0.413. The molecule has 2 N–H and O–H groups in total. The number of carbonyl (C=O) groups excluding carboxylic acids is 3. The Hall–Kier alpha value is -3.93. The monoisotopic (exact) mass is 386 g/mol. The van der Waals surface area contributed by atoms with Crippen LogP contribution in [-0.4, -0.2) is 27.7 Å². The van der Waals surface area contributed by atoms with Gasteiger partial charge in [-0.2, -0.15) is 0 Å². The Balaban J connectivity index is 1.57. The van der Waals surface area contributed by atoms with E-state index >= 15 is 0 Å². The van der Waals surface area contributed by atoms with E-state index in [0.29, 0.717) is 16.8 Å². The average molecular weight is 386 g/mol. The summed E-state index contributed by atoms with van der Waals surface area (Å²) in [6.07, 6.45) is 0. The standard InChI is InChI=1S/C23H18N2O4/c1-14-11-17(26)8-10-20(14)24-21(27)16-7-9-18-19(12-16)23(29)25(22(18)28)13-15-5-3-2-4-6-15/h2-12,26H,13H2,1H3,(H,24,27). The summed E-state index contributed by atoms with van der Waals surface area (Å²) in [6.45, 7) is 1.95. The van der Waals surface area contributed by atoms with Crippen molar-refractivity contribution in [2.45, 2.75) is 13.5 Å². The first-order valence-electron chi connectivity index (χ1n) is 9.09. The summed E-state index contributed by atoms with van der Waals surface area (Å²) in [7, 11) is 0. The lowest BCUT2D eigenvalue weighted by molar-refractivity contribution is 0.0642. The lowest BCUT2D eigenvalue weighted by atomic mass is 10.0. The maximum Gasteiger partial charge on any atom is 0.261 e. The summed E-state index contributed by atoms with van der Waals surface area (Å²) in [5.74, 6) is -1.07. The lowest BCUT2D eigenvalue weighted by Gasteiger charge is -2.13. The molecular weight excluding hydrogens is 368 g/mol. The topological polar surface area (TPSA) is 86.7 Å². The van der Waals surface area contributed by atoms with Crippen molar-refractivity contribution in [3.63, 3.8) is 0 Å². The first-order chi connectivity index (χ1) is 13.9. The normalized spacial score (nSPS) is 12.8.